The third kappa shape index (κ3) is 2.91. The van der Waals surface area contributed by atoms with E-state index in [9.17, 15) is 4.79 Å². The van der Waals surface area contributed by atoms with E-state index in [4.69, 9.17) is 4.74 Å². The van der Waals surface area contributed by atoms with E-state index in [1.165, 1.54) is 17.1 Å². The molecule has 4 aromatic heterocycles. The van der Waals surface area contributed by atoms with Crippen LogP contribution < -0.4 is 10.9 Å². The van der Waals surface area contributed by atoms with Crippen molar-refractivity contribution < 1.29 is 4.74 Å². The molecule has 2 N–H and O–H groups in total. The lowest BCUT2D eigenvalue weighted by molar-refractivity contribution is 0.183. The molecule has 0 amide bonds. The Kier molecular flexibility index (Phi) is 4.06. The molecule has 0 saturated carbocycles. The smallest absolute Gasteiger partial charge is 0.267 e. The first-order valence-corrected chi connectivity index (χ1v) is 8.92. The number of aromatic nitrogens is 6. The summed E-state index contributed by atoms with van der Waals surface area (Å²) < 4.78 is 7.15. The second-order valence-electron chi connectivity index (χ2n) is 6.56. The van der Waals surface area contributed by atoms with Crippen molar-refractivity contribution in [3.63, 3.8) is 0 Å². The molecule has 1 fully saturated rings. The molecule has 0 aromatic carbocycles. The van der Waals surface area contributed by atoms with Crippen molar-refractivity contribution >= 4 is 16.9 Å². The van der Waals surface area contributed by atoms with Gasteiger partial charge in [0.25, 0.3) is 5.56 Å². The van der Waals surface area contributed by atoms with E-state index >= 15 is 0 Å². The van der Waals surface area contributed by atoms with Crippen molar-refractivity contribution in [2.24, 2.45) is 0 Å². The Hall–Kier alpha value is -3.59. The summed E-state index contributed by atoms with van der Waals surface area (Å²) in [4.78, 5) is 28.3. The molecule has 140 valence electrons. The molecule has 5 heterocycles. The molecule has 0 spiro atoms. The van der Waals surface area contributed by atoms with E-state index in [-0.39, 0.29) is 17.6 Å². The van der Waals surface area contributed by atoms with Gasteiger partial charge in [-0.05, 0) is 24.3 Å². The Balaban J connectivity index is 1.49. The number of fused-ring (bicyclic) bond motifs is 1. The van der Waals surface area contributed by atoms with Crippen molar-refractivity contribution in [2.75, 3.05) is 18.5 Å². The van der Waals surface area contributed by atoms with Gasteiger partial charge in [-0.3, -0.25) is 9.78 Å². The maximum absolute atomic E-state index is 12.5. The number of rotatable bonds is 4. The van der Waals surface area contributed by atoms with Gasteiger partial charge in [-0.2, -0.15) is 5.10 Å². The minimum absolute atomic E-state index is 0.151. The zero-order chi connectivity index (χ0) is 18.9. The topological polar surface area (TPSA) is 111 Å². The van der Waals surface area contributed by atoms with Crippen LogP contribution in [0.3, 0.4) is 0 Å². The van der Waals surface area contributed by atoms with Crippen LogP contribution in [0, 0.1) is 0 Å². The molecule has 5 rings (SSSR count). The summed E-state index contributed by atoms with van der Waals surface area (Å²) >= 11 is 0. The number of hydrogen-bond donors (Lipinski definition) is 2. The van der Waals surface area contributed by atoms with Crippen LogP contribution in [0.4, 0.5) is 5.82 Å². The lowest BCUT2D eigenvalue weighted by Gasteiger charge is -2.21. The number of hydrogen-bond acceptors (Lipinski definition) is 7. The van der Waals surface area contributed by atoms with Crippen LogP contribution in [-0.4, -0.2) is 49.0 Å². The van der Waals surface area contributed by atoms with Crippen molar-refractivity contribution in [3.05, 3.63) is 65.6 Å². The Labute approximate surface area is 159 Å². The zero-order valence-electron chi connectivity index (χ0n) is 14.8. The average Bonchev–Trinajstić information content (AvgIpc) is 3.39. The second-order valence-corrected chi connectivity index (χ2v) is 6.56. The molecule has 28 heavy (non-hydrogen) atoms. The molecule has 1 aliphatic rings. The Morgan fingerprint density at radius 3 is 3.04 bits per heavy atom. The van der Waals surface area contributed by atoms with Crippen molar-refractivity contribution in [1.82, 2.24) is 29.7 Å². The lowest BCUT2D eigenvalue weighted by Crippen LogP contribution is -2.37. The number of nitrogens with one attached hydrogen (secondary N) is 2. The number of H-pyrrole nitrogens is 1. The summed E-state index contributed by atoms with van der Waals surface area (Å²) in [6, 6.07) is 8.49. The highest BCUT2D eigenvalue weighted by Crippen LogP contribution is 2.25. The molecule has 1 saturated heterocycles. The van der Waals surface area contributed by atoms with Gasteiger partial charge in [-0.25, -0.2) is 14.6 Å². The van der Waals surface area contributed by atoms with E-state index in [2.05, 4.69) is 30.4 Å². The highest BCUT2D eigenvalue weighted by molar-refractivity contribution is 5.86. The van der Waals surface area contributed by atoms with Crippen LogP contribution in [0.2, 0.25) is 0 Å². The monoisotopic (exact) mass is 375 g/mol. The molecule has 4 aromatic rings. The molecule has 0 aliphatic carbocycles. The number of ether oxygens (including phenoxy) is 1. The van der Waals surface area contributed by atoms with Crippen LogP contribution >= 0.6 is 0 Å². The summed E-state index contributed by atoms with van der Waals surface area (Å²) in [5.74, 6) is 0.697. The fourth-order valence-electron chi connectivity index (χ4n) is 3.42. The maximum atomic E-state index is 12.5. The molecule has 1 aliphatic heterocycles. The van der Waals surface area contributed by atoms with Crippen LogP contribution in [-0.2, 0) is 4.74 Å². The fraction of sp³-hybridized carbons (Fsp3) is 0.211. The number of aromatic amines is 1. The van der Waals surface area contributed by atoms with Gasteiger partial charge in [0.15, 0.2) is 0 Å². The van der Waals surface area contributed by atoms with Crippen LogP contribution in [0.1, 0.15) is 6.04 Å². The molecule has 0 bridgehead atoms. The molecule has 9 heteroatoms. The van der Waals surface area contributed by atoms with Crippen molar-refractivity contribution in [2.45, 2.75) is 12.1 Å². The molecule has 0 radical (unpaired) electrons. The first-order valence-electron chi connectivity index (χ1n) is 8.92. The van der Waals surface area contributed by atoms with Gasteiger partial charge >= 0.3 is 0 Å². The van der Waals surface area contributed by atoms with Crippen LogP contribution in [0.15, 0.2) is 60.0 Å². The zero-order valence-corrected chi connectivity index (χ0v) is 14.8. The summed E-state index contributed by atoms with van der Waals surface area (Å²) in [5, 5.41) is 8.86. The van der Waals surface area contributed by atoms with E-state index in [0.29, 0.717) is 24.7 Å². The first-order chi connectivity index (χ1) is 13.8. The Morgan fingerprint density at radius 2 is 2.14 bits per heavy atom. The molecule has 2 atom stereocenters. The largest absolute Gasteiger partial charge is 0.377 e. The third-order valence-corrected chi connectivity index (χ3v) is 4.82. The van der Waals surface area contributed by atoms with E-state index in [0.717, 1.165) is 16.6 Å². The quantitative estimate of drug-likeness (QED) is 0.558. The minimum Gasteiger partial charge on any atom is -0.377 e. The number of anilines is 1. The van der Waals surface area contributed by atoms with E-state index < -0.39 is 0 Å². The summed E-state index contributed by atoms with van der Waals surface area (Å²) in [5.41, 5.74) is 2.11. The van der Waals surface area contributed by atoms with Crippen LogP contribution in [0.25, 0.3) is 22.3 Å². The second kappa shape index (κ2) is 6.86. The molecule has 2 unspecified atom stereocenters. The molecule has 9 nitrogen and oxygen atoms in total. The van der Waals surface area contributed by atoms with Gasteiger partial charge in [-0.15, -0.1) is 0 Å². The Morgan fingerprint density at radius 1 is 1.18 bits per heavy atom. The number of pyridine rings is 1. The van der Waals surface area contributed by atoms with E-state index in [1.807, 2.05) is 24.4 Å². The standard InChI is InChI=1S/C19H17N7O2/c27-17-4-3-14(12-2-1-6-20-8-12)25-26(17)16-10-28-9-15(16)24-19-13-5-7-21-18(13)22-11-23-19/h1-8,11,15-16H,9-10H2,(H2,21,22,23,24). The summed E-state index contributed by atoms with van der Waals surface area (Å²) in [7, 11) is 0. The van der Waals surface area contributed by atoms with E-state index in [1.54, 1.807) is 18.5 Å². The van der Waals surface area contributed by atoms with Gasteiger partial charge in [0, 0.05) is 30.2 Å². The SMILES string of the molecule is O=c1ccc(-c2cccnc2)nn1C1COCC1Nc1ncnc2[nH]ccc12. The lowest BCUT2D eigenvalue weighted by atomic mass is 10.1. The maximum Gasteiger partial charge on any atom is 0.267 e. The van der Waals surface area contributed by atoms with Crippen molar-refractivity contribution in [1.29, 1.82) is 0 Å². The highest BCUT2D eigenvalue weighted by atomic mass is 16.5. The first kappa shape index (κ1) is 16.6. The summed E-state index contributed by atoms with van der Waals surface area (Å²) in [6.45, 7) is 0.842. The van der Waals surface area contributed by atoms with Gasteiger partial charge < -0.3 is 15.0 Å². The highest BCUT2D eigenvalue weighted by Gasteiger charge is 2.32. The number of nitrogens with zero attached hydrogens (tertiary/aromatic N) is 5. The molecular formula is C19H17N7O2. The Bertz CT molecular complexity index is 1170. The predicted molar refractivity (Wildman–Crippen MR) is 103 cm³/mol. The molecular weight excluding hydrogens is 358 g/mol. The fourth-order valence-corrected chi connectivity index (χ4v) is 3.42. The van der Waals surface area contributed by atoms with Gasteiger partial charge in [0.05, 0.1) is 30.3 Å². The van der Waals surface area contributed by atoms with Gasteiger partial charge in [0.1, 0.15) is 23.8 Å². The van der Waals surface area contributed by atoms with Gasteiger partial charge in [-0.1, -0.05) is 0 Å². The van der Waals surface area contributed by atoms with Crippen molar-refractivity contribution in [3.8, 4) is 11.3 Å². The predicted octanol–water partition coefficient (Wildman–Crippen LogP) is 1.63. The van der Waals surface area contributed by atoms with Crippen LogP contribution in [0.5, 0.6) is 0 Å². The average molecular weight is 375 g/mol. The minimum atomic E-state index is -0.256. The third-order valence-electron chi connectivity index (χ3n) is 4.82. The summed E-state index contributed by atoms with van der Waals surface area (Å²) in [6.07, 6.45) is 6.74. The van der Waals surface area contributed by atoms with Gasteiger partial charge in [0.2, 0.25) is 0 Å². The normalized spacial score (nSPS) is 19.1.